The Balaban J connectivity index is 1.79. The lowest BCUT2D eigenvalue weighted by Crippen LogP contribution is -2.57. The van der Waals surface area contributed by atoms with Crippen molar-refractivity contribution in [3.8, 4) is 0 Å². The first-order valence-electron chi connectivity index (χ1n) is 9.01. The average molecular weight is 349 g/mol. The minimum atomic E-state index is -1.14. The van der Waals surface area contributed by atoms with Crippen LogP contribution in [-0.4, -0.2) is 58.0 Å². The van der Waals surface area contributed by atoms with E-state index >= 15 is 0 Å². The van der Waals surface area contributed by atoms with Gasteiger partial charge in [-0.25, -0.2) is 4.79 Å². The lowest BCUT2D eigenvalue weighted by molar-refractivity contribution is -0.142. The van der Waals surface area contributed by atoms with Crippen LogP contribution in [0.1, 0.15) is 38.5 Å². The van der Waals surface area contributed by atoms with Gasteiger partial charge < -0.3 is 20.4 Å². The number of allylic oxidation sites excluding steroid dienone is 1. The molecule has 4 unspecified atom stereocenters. The van der Waals surface area contributed by atoms with Crippen LogP contribution >= 0.6 is 0 Å². The maximum Gasteiger partial charge on any atom is 0.324 e. The molecule has 1 saturated carbocycles. The zero-order valence-corrected chi connectivity index (χ0v) is 14.4. The summed E-state index contributed by atoms with van der Waals surface area (Å²) in [6.07, 6.45) is 7.62. The molecule has 2 amide bonds. The predicted octanol–water partition coefficient (Wildman–Crippen LogP) is 1.21. The Kier molecular flexibility index (Phi) is 5.15. The van der Waals surface area contributed by atoms with Crippen molar-refractivity contribution in [1.82, 2.24) is 15.5 Å². The molecule has 7 heteroatoms. The van der Waals surface area contributed by atoms with Crippen molar-refractivity contribution in [2.75, 3.05) is 13.1 Å². The average Bonchev–Trinajstić information content (AvgIpc) is 3.11. The highest BCUT2D eigenvalue weighted by molar-refractivity contribution is 5.84. The largest absolute Gasteiger partial charge is 0.480 e. The number of carbonyl (C=O) groups excluding carboxylic acids is 1. The molecule has 0 aromatic rings. The molecule has 3 rings (SSSR count). The molecule has 3 aliphatic rings. The van der Waals surface area contributed by atoms with Gasteiger partial charge in [-0.05, 0) is 32.1 Å². The van der Waals surface area contributed by atoms with E-state index in [-0.39, 0.29) is 11.9 Å². The smallest absolute Gasteiger partial charge is 0.324 e. The molecule has 0 aromatic heterocycles. The number of carbonyl (C=O) groups is 2. The number of carboxylic acids is 1. The number of fused-ring (bicyclic) bond motifs is 2. The standard InChI is InChI=1S/C18H27N3O4/c1-12-9-14-15(22)20-18(16(23)24)10-13(18)7-5-3-2-4-6-8-19-17(25)21(14)11-12/h5,7,13-15,20,22H,1-4,6,8-11H2,(H,19,25)(H,23,24). The Morgan fingerprint density at radius 2 is 2.16 bits per heavy atom. The molecule has 4 N–H and O–H groups in total. The van der Waals surface area contributed by atoms with Gasteiger partial charge in [-0.3, -0.25) is 10.1 Å². The summed E-state index contributed by atoms with van der Waals surface area (Å²) in [6, 6.07) is -0.728. The molecular formula is C18H27N3O4. The van der Waals surface area contributed by atoms with Crippen LogP contribution in [-0.2, 0) is 4.79 Å². The predicted molar refractivity (Wildman–Crippen MR) is 92.9 cm³/mol. The molecule has 2 heterocycles. The van der Waals surface area contributed by atoms with Crippen molar-refractivity contribution in [1.29, 1.82) is 0 Å². The molecule has 2 aliphatic heterocycles. The van der Waals surface area contributed by atoms with Gasteiger partial charge in [0.1, 0.15) is 11.8 Å². The van der Waals surface area contributed by atoms with Crippen LogP contribution < -0.4 is 10.6 Å². The molecule has 138 valence electrons. The van der Waals surface area contributed by atoms with Gasteiger partial charge in [-0.1, -0.05) is 30.7 Å². The Morgan fingerprint density at radius 3 is 2.92 bits per heavy atom. The van der Waals surface area contributed by atoms with Gasteiger partial charge in [0.15, 0.2) is 0 Å². The second-order valence-electron chi connectivity index (χ2n) is 7.34. The van der Waals surface area contributed by atoms with Crippen molar-refractivity contribution in [3.05, 3.63) is 24.3 Å². The quantitative estimate of drug-likeness (QED) is 0.533. The first-order chi connectivity index (χ1) is 11.9. The van der Waals surface area contributed by atoms with Crippen LogP contribution in [0.2, 0.25) is 0 Å². The van der Waals surface area contributed by atoms with Crippen LogP contribution in [0.3, 0.4) is 0 Å². The van der Waals surface area contributed by atoms with E-state index in [1.807, 2.05) is 12.2 Å². The fourth-order valence-corrected chi connectivity index (χ4v) is 3.81. The molecule has 25 heavy (non-hydrogen) atoms. The minimum Gasteiger partial charge on any atom is -0.480 e. The summed E-state index contributed by atoms with van der Waals surface area (Å²) in [5, 5.41) is 26.0. The highest BCUT2D eigenvalue weighted by Crippen LogP contribution is 2.45. The van der Waals surface area contributed by atoms with Crippen LogP contribution in [0, 0.1) is 5.92 Å². The molecule has 0 radical (unpaired) electrons. The van der Waals surface area contributed by atoms with Crippen LogP contribution in [0.5, 0.6) is 0 Å². The van der Waals surface area contributed by atoms with E-state index in [4.69, 9.17) is 0 Å². The number of hydrogen-bond donors (Lipinski definition) is 4. The third-order valence-electron chi connectivity index (χ3n) is 5.41. The summed E-state index contributed by atoms with van der Waals surface area (Å²) in [7, 11) is 0. The van der Waals surface area contributed by atoms with Crippen LogP contribution in [0.4, 0.5) is 4.79 Å². The summed E-state index contributed by atoms with van der Waals surface area (Å²) < 4.78 is 0. The van der Waals surface area contributed by atoms with Gasteiger partial charge in [-0.15, -0.1) is 0 Å². The fraction of sp³-hybridized carbons (Fsp3) is 0.667. The summed E-state index contributed by atoms with van der Waals surface area (Å²) in [6.45, 7) is 4.92. The molecule has 0 spiro atoms. The minimum absolute atomic E-state index is 0.128. The Bertz CT molecular complexity index is 591. The fourth-order valence-electron chi connectivity index (χ4n) is 3.81. The van der Waals surface area contributed by atoms with Gasteiger partial charge >= 0.3 is 12.0 Å². The number of amides is 2. The topological polar surface area (TPSA) is 102 Å². The molecule has 2 fully saturated rings. The zero-order valence-electron chi connectivity index (χ0n) is 14.4. The van der Waals surface area contributed by atoms with Crippen molar-refractivity contribution in [2.24, 2.45) is 5.92 Å². The molecule has 4 atom stereocenters. The van der Waals surface area contributed by atoms with E-state index in [1.165, 1.54) is 0 Å². The maximum atomic E-state index is 12.4. The molecule has 7 nitrogen and oxygen atoms in total. The first kappa shape index (κ1) is 17.9. The van der Waals surface area contributed by atoms with Crippen molar-refractivity contribution in [3.63, 3.8) is 0 Å². The van der Waals surface area contributed by atoms with E-state index in [9.17, 15) is 19.8 Å². The number of carboxylic acid groups (broad SMARTS) is 1. The zero-order chi connectivity index (χ0) is 18.0. The molecular weight excluding hydrogens is 322 g/mol. The molecule has 1 saturated heterocycles. The second-order valence-corrected chi connectivity index (χ2v) is 7.34. The summed E-state index contributed by atoms with van der Waals surface area (Å²) in [4.78, 5) is 25.8. The van der Waals surface area contributed by atoms with E-state index in [0.29, 0.717) is 25.9 Å². The van der Waals surface area contributed by atoms with Crippen LogP contribution in [0.15, 0.2) is 24.3 Å². The van der Waals surface area contributed by atoms with E-state index < -0.39 is 23.8 Å². The maximum absolute atomic E-state index is 12.4. The Morgan fingerprint density at radius 1 is 1.36 bits per heavy atom. The van der Waals surface area contributed by atoms with E-state index in [2.05, 4.69) is 17.2 Å². The number of urea groups is 1. The number of aliphatic carboxylic acids is 1. The number of nitrogens with zero attached hydrogens (tertiary/aromatic N) is 1. The third-order valence-corrected chi connectivity index (χ3v) is 5.41. The number of aliphatic hydroxyl groups excluding tert-OH is 1. The van der Waals surface area contributed by atoms with Crippen molar-refractivity contribution >= 4 is 12.0 Å². The normalized spacial score (nSPS) is 36.7. The third kappa shape index (κ3) is 3.72. The Hall–Kier alpha value is -1.86. The van der Waals surface area contributed by atoms with Crippen molar-refractivity contribution in [2.45, 2.75) is 56.3 Å². The van der Waals surface area contributed by atoms with Crippen molar-refractivity contribution < 1.29 is 19.8 Å². The monoisotopic (exact) mass is 349 g/mol. The van der Waals surface area contributed by atoms with E-state index in [0.717, 1.165) is 31.3 Å². The summed E-state index contributed by atoms with van der Waals surface area (Å²) in [5.41, 5.74) is -0.277. The van der Waals surface area contributed by atoms with Gasteiger partial charge in [0, 0.05) is 19.0 Å². The number of hydrogen-bond acceptors (Lipinski definition) is 4. The highest BCUT2D eigenvalue weighted by Gasteiger charge is 2.60. The lowest BCUT2D eigenvalue weighted by atomic mass is 10.1. The summed E-state index contributed by atoms with van der Waals surface area (Å²) in [5.74, 6) is -1.09. The molecule has 1 aliphatic carbocycles. The number of aliphatic hydroxyl groups is 1. The van der Waals surface area contributed by atoms with Gasteiger partial charge in [0.05, 0.1) is 6.04 Å². The highest BCUT2D eigenvalue weighted by atomic mass is 16.4. The van der Waals surface area contributed by atoms with Crippen LogP contribution in [0.25, 0.3) is 0 Å². The van der Waals surface area contributed by atoms with Gasteiger partial charge in [0.2, 0.25) is 0 Å². The molecule has 0 bridgehead atoms. The van der Waals surface area contributed by atoms with Gasteiger partial charge in [0.25, 0.3) is 0 Å². The van der Waals surface area contributed by atoms with Gasteiger partial charge in [-0.2, -0.15) is 0 Å². The number of nitrogens with one attached hydrogen (secondary N) is 2. The number of rotatable bonds is 1. The lowest BCUT2D eigenvalue weighted by Gasteiger charge is -2.31. The Labute approximate surface area is 147 Å². The second kappa shape index (κ2) is 7.17. The molecule has 0 aromatic carbocycles. The van der Waals surface area contributed by atoms with E-state index in [1.54, 1.807) is 4.90 Å². The first-order valence-corrected chi connectivity index (χ1v) is 9.01. The SMILES string of the molecule is C=C1CC2C(O)NC3(C(=O)O)CC3C=CCCCCCNC(=O)N2C1. The summed E-state index contributed by atoms with van der Waals surface area (Å²) >= 11 is 0.